The Kier molecular flexibility index (Phi) is 4.37. The van der Waals surface area contributed by atoms with E-state index in [0.717, 1.165) is 19.5 Å². The second-order valence-corrected chi connectivity index (χ2v) is 8.70. The van der Waals surface area contributed by atoms with Gasteiger partial charge in [0.25, 0.3) is 0 Å². The maximum absolute atomic E-state index is 12.8. The highest BCUT2D eigenvalue weighted by atomic mass is 32.2. The lowest BCUT2D eigenvalue weighted by Gasteiger charge is -2.34. The first kappa shape index (κ1) is 16.7. The molecule has 0 spiro atoms. The lowest BCUT2D eigenvalue weighted by Crippen LogP contribution is -2.45. The summed E-state index contributed by atoms with van der Waals surface area (Å²) in [5.41, 5.74) is 2.62. The number of hydrogen-bond acceptors (Lipinski definition) is 4. The Morgan fingerprint density at radius 1 is 0.920 bits per heavy atom. The van der Waals surface area contributed by atoms with Gasteiger partial charge in [0.05, 0.1) is 17.0 Å². The SMILES string of the molecule is O=S(=O)(c1ccccc1)N1CC(O)C(N2CCc3ccccc3C2)C1. The van der Waals surface area contributed by atoms with Crippen LogP contribution in [-0.2, 0) is 23.0 Å². The van der Waals surface area contributed by atoms with E-state index in [9.17, 15) is 13.5 Å². The van der Waals surface area contributed by atoms with Crippen LogP contribution >= 0.6 is 0 Å². The molecule has 132 valence electrons. The van der Waals surface area contributed by atoms with Crippen molar-refractivity contribution in [2.24, 2.45) is 0 Å². The monoisotopic (exact) mass is 358 g/mol. The molecule has 2 aromatic rings. The molecule has 0 bridgehead atoms. The molecule has 1 saturated heterocycles. The van der Waals surface area contributed by atoms with Crippen LogP contribution in [0.15, 0.2) is 59.5 Å². The van der Waals surface area contributed by atoms with Gasteiger partial charge in [0, 0.05) is 26.2 Å². The Morgan fingerprint density at radius 3 is 2.36 bits per heavy atom. The molecule has 1 fully saturated rings. The van der Waals surface area contributed by atoms with Crippen molar-refractivity contribution in [2.75, 3.05) is 19.6 Å². The summed E-state index contributed by atoms with van der Waals surface area (Å²) in [7, 11) is -3.56. The average Bonchev–Trinajstić information content (AvgIpc) is 3.04. The van der Waals surface area contributed by atoms with Gasteiger partial charge in [-0.2, -0.15) is 4.31 Å². The molecule has 0 saturated carbocycles. The fourth-order valence-electron chi connectivity index (χ4n) is 3.83. The Bertz CT molecular complexity index is 854. The fraction of sp³-hybridized carbons (Fsp3) is 0.368. The quantitative estimate of drug-likeness (QED) is 0.903. The zero-order valence-corrected chi connectivity index (χ0v) is 14.8. The third-order valence-electron chi connectivity index (χ3n) is 5.24. The number of β-amino-alcohol motifs (C(OH)–C–C–N with tert-alkyl or cyclic N) is 1. The van der Waals surface area contributed by atoms with Crippen LogP contribution in [0.3, 0.4) is 0 Å². The van der Waals surface area contributed by atoms with Gasteiger partial charge in [-0.1, -0.05) is 42.5 Å². The summed E-state index contributed by atoms with van der Waals surface area (Å²) in [6.45, 7) is 2.09. The summed E-state index contributed by atoms with van der Waals surface area (Å²) in [6.07, 6.45) is 0.272. The van der Waals surface area contributed by atoms with Crippen molar-refractivity contribution in [3.63, 3.8) is 0 Å². The van der Waals surface area contributed by atoms with Gasteiger partial charge in [-0.25, -0.2) is 8.42 Å². The first-order valence-corrected chi connectivity index (χ1v) is 10.0. The third-order valence-corrected chi connectivity index (χ3v) is 7.08. The summed E-state index contributed by atoms with van der Waals surface area (Å²) >= 11 is 0. The number of sulfonamides is 1. The van der Waals surface area contributed by atoms with E-state index in [1.54, 1.807) is 30.3 Å². The van der Waals surface area contributed by atoms with Crippen LogP contribution in [0.2, 0.25) is 0 Å². The van der Waals surface area contributed by atoms with Crippen LogP contribution in [0.5, 0.6) is 0 Å². The van der Waals surface area contributed by atoms with Gasteiger partial charge in [-0.3, -0.25) is 4.90 Å². The Balaban J connectivity index is 1.53. The van der Waals surface area contributed by atoms with Crippen LogP contribution in [0, 0.1) is 0 Å². The predicted octanol–water partition coefficient (Wildman–Crippen LogP) is 1.48. The van der Waals surface area contributed by atoms with E-state index in [1.165, 1.54) is 15.4 Å². The molecular formula is C19H22N2O3S. The minimum absolute atomic E-state index is 0.153. The molecule has 2 atom stereocenters. The minimum Gasteiger partial charge on any atom is -0.390 e. The van der Waals surface area contributed by atoms with Crippen LogP contribution in [-0.4, -0.2) is 54.5 Å². The number of fused-ring (bicyclic) bond motifs is 1. The molecule has 25 heavy (non-hydrogen) atoms. The van der Waals surface area contributed by atoms with E-state index < -0.39 is 16.1 Å². The van der Waals surface area contributed by atoms with E-state index in [0.29, 0.717) is 6.54 Å². The molecule has 2 aromatic carbocycles. The van der Waals surface area contributed by atoms with Crippen molar-refractivity contribution in [1.29, 1.82) is 0 Å². The van der Waals surface area contributed by atoms with E-state index >= 15 is 0 Å². The first-order chi connectivity index (χ1) is 12.1. The Labute approximate surface area is 148 Å². The second-order valence-electron chi connectivity index (χ2n) is 6.76. The van der Waals surface area contributed by atoms with Gasteiger partial charge in [-0.05, 0) is 29.7 Å². The van der Waals surface area contributed by atoms with Crippen LogP contribution in [0.1, 0.15) is 11.1 Å². The zero-order chi connectivity index (χ0) is 17.4. The topological polar surface area (TPSA) is 60.9 Å². The molecule has 0 amide bonds. The summed E-state index contributed by atoms with van der Waals surface area (Å²) in [6, 6.07) is 16.6. The van der Waals surface area contributed by atoms with E-state index in [4.69, 9.17) is 0 Å². The van der Waals surface area contributed by atoms with Crippen molar-refractivity contribution in [2.45, 2.75) is 30.0 Å². The molecule has 0 radical (unpaired) electrons. The number of rotatable bonds is 3. The number of nitrogens with zero attached hydrogens (tertiary/aromatic N) is 2. The minimum atomic E-state index is -3.56. The Morgan fingerprint density at radius 2 is 1.60 bits per heavy atom. The van der Waals surface area contributed by atoms with Gasteiger partial charge in [0.2, 0.25) is 10.0 Å². The van der Waals surface area contributed by atoms with Crippen LogP contribution in [0.25, 0.3) is 0 Å². The number of aliphatic hydroxyl groups excluding tert-OH is 1. The number of hydrogen-bond donors (Lipinski definition) is 1. The van der Waals surface area contributed by atoms with Crippen LogP contribution < -0.4 is 0 Å². The summed E-state index contributed by atoms with van der Waals surface area (Å²) in [5, 5.41) is 10.5. The van der Waals surface area contributed by atoms with Crippen molar-refractivity contribution in [1.82, 2.24) is 9.21 Å². The molecule has 4 rings (SSSR count). The second kappa shape index (κ2) is 6.53. The molecule has 2 aliphatic heterocycles. The molecule has 6 heteroatoms. The molecular weight excluding hydrogens is 336 g/mol. The molecule has 2 unspecified atom stereocenters. The number of aliphatic hydroxyl groups is 1. The van der Waals surface area contributed by atoms with Crippen molar-refractivity contribution in [3.8, 4) is 0 Å². The highest BCUT2D eigenvalue weighted by Crippen LogP contribution is 2.27. The van der Waals surface area contributed by atoms with Crippen molar-refractivity contribution in [3.05, 3.63) is 65.7 Å². The number of benzene rings is 2. The lowest BCUT2D eigenvalue weighted by atomic mass is 9.98. The van der Waals surface area contributed by atoms with Gasteiger partial charge in [0.15, 0.2) is 0 Å². The molecule has 5 nitrogen and oxygen atoms in total. The standard InChI is InChI=1S/C19H22N2O3S/c22-19-14-21(25(23,24)17-8-2-1-3-9-17)13-18(19)20-11-10-15-6-4-5-7-16(15)12-20/h1-9,18-19,22H,10-14H2. The van der Waals surface area contributed by atoms with E-state index in [-0.39, 0.29) is 17.5 Å². The van der Waals surface area contributed by atoms with Gasteiger partial charge in [0.1, 0.15) is 0 Å². The Hall–Kier alpha value is -1.73. The van der Waals surface area contributed by atoms with Crippen molar-refractivity contribution >= 4 is 10.0 Å². The normalized spacial score (nSPS) is 25.0. The lowest BCUT2D eigenvalue weighted by molar-refractivity contribution is 0.0746. The van der Waals surface area contributed by atoms with E-state index in [1.807, 2.05) is 12.1 Å². The predicted molar refractivity (Wildman–Crippen MR) is 95.6 cm³/mol. The van der Waals surface area contributed by atoms with Gasteiger partial charge >= 0.3 is 0 Å². The van der Waals surface area contributed by atoms with Crippen LogP contribution in [0.4, 0.5) is 0 Å². The third kappa shape index (κ3) is 3.11. The fourth-order valence-corrected chi connectivity index (χ4v) is 5.33. The average molecular weight is 358 g/mol. The van der Waals surface area contributed by atoms with Crippen molar-refractivity contribution < 1.29 is 13.5 Å². The molecule has 2 aliphatic rings. The maximum Gasteiger partial charge on any atom is 0.243 e. The highest BCUT2D eigenvalue weighted by molar-refractivity contribution is 7.89. The maximum atomic E-state index is 12.8. The highest BCUT2D eigenvalue weighted by Gasteiger charge is 2.41. The molecule has 0 aromatic heterocycles. The summed E-state index contributed by atoms with van der Waals surface area (Å²) < 4.78 is 27.0. The largest absolute Gasteiger partial charge is 0.390 e. The summed E-state index contributed by atoms with van der Waals surface area (Å²) in [4.78, 5) is 2.50. The summed E-state index contributed by atoms with van der Waals surface area (Å²) in [5.74, 6) is 0. The van der Waals surface area contributed by atoms with Gasteiger partial charge < -0.3 is 5.11 Å². The molecule has 1 N–H and O–H groups in total. The molecule has 0 aliphatic carbocycles. The van der Waals surface area contributed by atoms with E-state index in [2.05, 4.69) is 17.0 Å². The first-order valence-electron chi connectivity index (χ1n) is 8.60. The molecule has 2 heterocycles. The zero-order valence-electron chi connectivity index (χ0n) is 14.0. The van der Waals surface area contributed by atoms with Gasteiger partial charge in [-0.15, -0.1) is 0 Å². The smallest absolute Gasteiger partial charge is 0.243 e.